The number of amides is 1. The minimum Gasteiger partial charge on any atom is -0.493 e. The zero-order chi connectivity index (χ0) is 28.2. The summed E-state index contributed by atoms with van der Waals surface area (Å²) in [7, 11) is 1.57. The summed E-state index contributed by atoms with van der Waals surface area (Å²) in [6.07, 6.45) is 1.51. The highest BCUT2D eigenvalue weighted by Gasteiger charge is 2.19. The van der Waals surface area contributed by atoms with E-state index in [0.29, 0.717) is 33.0 Å². The van der Waals surface area contributed by atoms with Crippen LogP contribution in [0.3, 0.4) is 0 Å². The van der Waals surface area contributed by atoms with Gasteiger partial charge in [0.05, 0.1) is 17.8 Å². The number of nitrogens with zero attached hydrogens (tertiary/aromatic N) is 2. The molecule has 0 aliphatic carbocycles. The molecule has 0 radical (unpaired) electrons. The minimum atomic E-state index is -0.474. The smallest absolute Gasteiger partial charge is 0.307 e. The first-order valence-electron chi connectivity index (χ1n) is 12.4. The minimum absolute atomic E-state index is 0.132. The molecule has 39 heavy (non-hydrogen) atoms. The van der Waals surface area contributed by atoms with E-state index in [-0.39, 0.29) is 12.4 Å². The molecule has 1 amide bonds. The maximum absolute atomic E-state index is 12.5. The molecular weight excluding hydrogens is 562 g/mol. The van der Waals surface area contributed by atoms with Crippen LogP contribution in [0.5, 0.6) is 17.2 Å². The predicted molar refractivity (Wildman–Crippen MR) is 154 cm³/mol. The number of methoxy groups -OCH3 is 1. The Labute approximate surface area is 236 Å². The van der Waals surface area contributed by atoms with Crippen molar-refractivity contribution in [3.05, 3.63) is 93.6 Å². The summed E-state index contributed by atoms with van der Waals surface area (Å²) >= 11 is 3.52. The lowest BCUT2D eigenvalue weighted by atomic mass is 10.1. The molecule has 1 N–H and O–H groups in total. The van der Waals surface area contributed by atoms with Gasteiger partial charge in [0.2, 0.25) is 0 Å². The van der Waals surface area contributed by atoms with Gasteiger partial charge in [0.15, 0.2) is 17.3 Å². The second kappa shape index (κ2) is 11.8. The Bertz CT molecular complexity index is 1460. The van der Waals surface area contributed by atoms with Crippen LogP contribution in [0.1, 0.15) is 54.0 Å². The molecule has 0 atom stereocenters. The summed E-state index contributed by atoms with van der Waals surface area (Å²) in [6, 6.07) is 18.9. The van der Waals surface area contributed by atoms with Crippen LogP contribution < -0.4 is 19.6 Å². The Morgan fingerprint density at radius 3 is 2.38 bits per heavy atom. The number of rotatable bonds is 9. The molecule has 0 aliphatic heterocycles. The van der Waals surface area contributed by atoms with Crippen LogP contribution in [0.25, 0.3) is 5.69 Å². The van der Waals surface area contributed by atoms with Gasteiger partial charge in [-0.25, -0.2) is 5.43 Å². The van der Waals surface area contributed by atoms with E-state index in [0.717, 1.165) is 5.69 Å². The van der Waals surface area contributed by atoms with Crippen LogP contribution in [0.15, 0.2) is 74.7 Å². The van der Waals surface area contributed by atoms with Crippen LogP contribution >= 0.6 is 15.9 Å². The molecular formula is C30H32BrN3O5. The fourth-order valence-corrected chi connectivity index (χ4v) is 4.48. The maximum atomic E-state index is 12.5. The highest BCUT2D eigenvalue weighted by atomic mass is 79.9. The fourth-order valence-electron chi connectivity index (χ4n) is 3.94. The van der Waals surface area contributed by atoms with Gasteiger partial charge in [0, 0.05) is 17.1 Å². The molecule has 0 bridgehead atoms. The Morgan fingerprint density at radius 1 is 1.05 bits per heavy atom. The van der Waals surface area contributed by atoms with E-state index in [4.69, 9.17) is 18.6 Å². The number of aromatic nitrogens is 1. The third-order valence-electron chi connectivity index (χ3n) is 5.67. The summed E-state index contributed by atoms with van der Waals surface area (Å²) in [5.41, 5.74) is 6.21. The van der Waals surface area contributed by atoms with Crippen molar-refractivity contribution >= 4 is 28.1 Å². The van der Waals surface area contributed by atoms with Gasteiger partial charge in [-0.3, -0.25) is 4.79 Å². The van der Waals surface area contributed by atoms with Crippen molar-refractivity contribution in [2.75, 3.05) is 7.11 Å². The Balaban J connectivity index is 1.33. The molecule has 8 nitrogen and oxygen atoms in total. The lowest BCUT2D eigenvalue weighted by Gasteiger charge is -2.24. The number of carbonyl (C=O) groups is 1. The molecule has 0 fully saturated rings. The topological polar surface area (TPSA) is 87.2 Å². The highest BCUT2D eigenvalue weighted by molar-refractivity contribution is 9.10. The van der Waals surface area contributed by atoms with Crippen molar-refractivity contribution in [3.63, 3.8) is 0 Å². The number of halogens is 1. The molecule has 0 unspecified atom stereocenters. The van der Waals surface area contributed by atoms with E-state index in [2.05, 4.69) is 57.0 Å². The van der Waals surface area contributed by atoms with Gasteiger partial charge >= 0.3 is 5.91 Å². The predicted octanol–water partition coefficient (Wildman–Crippen LogP) is 6.98. The lowest BCUT2D eigenvalue weighted by molar-refractivity contribution is 0.0923. The number of nitrogens with one attached hydrogen (secondary N) is 1. The van der Waals surface area contributed by atoms with Crippen LogP contribution in [0.4, 0.5) is 0 Å². The zero-order valence-electron chi connectivity index (χ0n) is 22.9. The fraction of sp³-hybridized carbons (Fsp3) is 0.267. The Hall–Kier alpha value is -3.98. The van der Waals surface area contributed by atoms with Gasteiger partial charge in [0.25, 0.3) is 0 Å². The van der Waals surface area contributed by atoms with Gasteiger partial charge in [0.1, 0.15) is 23.7 Å². The quantitative estimate of drug-likeness (QED) is 0.167. The van der Waals surface area contributed by atoms with Crippen LogP contribution in [-0.4, -0.2) is 29.4 Å². The third kappa shape index (κ3) is 7.11. The van der Waals surface area contributed by atoms with Crippen molar-refractivity contribution in [2.45, 2.75) is 46.8 Å². The average Bonchev–Trinajstić information content (AvgIpc) is 3.50. The van der Waals surface area contributed by atoms with E-state index in [9.17, 15) is 4.79 Å². The van der Waals surface area contributed by atoms with Crippen molar-refractivity contribution in [2.24, 2.45) is 5.10 Å². The monoisotopic (exact) mass is 593 g/mol. The number of hydrogen-bond acceptors (Lipinski definition) is 6. The van der Waals surface area contributed by atoms with E-state index < -0.39 is 11.5 Å². The second-order valence-corrected chi connectivity index (χ2v) is 10.8. The Morgan fingerprint density at radius 2 is 1.74 bits per heavy atom. The molecule has 2 heterocycles. The van der Waals surface area contributed by atoms with Gasteiger partial charge < -0.3 is 23.2 Å². The molecule has 0 saturated carbocycles. The number of hydrogen-bond donors (Lipinski definition) is 1. The summed E-state index contributed by atoms with van der Waals surface area (Å²) < 4.78 is 25.8. The third-order valence-corrected chi connectivity index (χ3v) is 6.26. The molecule has 0 aliphatic rings. The summed E-state index contributed by atoms with van der Waals surface area (Å²) in [4.78, 5) is 12.5. The van der Waals surface area contributed by atoms with E-state index >= 15 is 0 Å². The molecule has 4 aromatic rings. The van der Waals surface area contributed by atoms with E-state index in [1.54, 1.807) is 25.3 Å². The second-order valence-electron chi connectivity index (χ2n) is 9.95. The molecule has 9 heteroatoms. The van der Waals surface area contributed by atoms with Crippen LogP contribution in [0.2, 0.25) is 0 Å². The van der Waals surface area contributed by atoms with Gasteiger partial charge in [-0.2, -0.15) is 5.10 Å². The number of aryl methyl sites for hydroxylation is 2. The number of ether oxygens (including phenoxy) is 3. The van der Waals surface area contributed by atoms with E-state index in [1.807, 2.05) is 51.1 Å². The first-order chi connectivity index (χ1) is 18.5. The number of furan rings is 1. The molecule has 4 rings (SSSR count). The first-order valence-corrected chi connectivity index (χ1v) is 13.2. The molecule has 2 aromatic heterocycles. The summed E-state index contributed by atoms with van der Waals surface area (Å²) in [5.74, 6) is 2.03. The average molecular weight is 595 g/mol. The number of benzene rings is 2. The molecule has 0 saturated heterocycles. The van der Waals surface area contributed by atoms with Crippen molar-refractivity contribution in [3.8, 4) is 22.9 Å². The van der Waals surface area contributed by atoms with Crippen LogP contribution in [0, 0.1) is 13.8 Å². The molecule has 2 aromatic carbocycles. The van der Waals surface area contributed by atoms with Crippen molar-refractivity contribution in [1.82, 2.24) is 9.99 Å². The van der Waals surface area contributed by atoms with Gasteiger partial charge in [-0.15, -0.1) is 0 Å². The van der Waals surface area contributed by atoms with Crippen molar-refractivity contribution in [1.29, 1.82) is 0 Å². The zero-order valence-corrected chi connectivity index (χ0v) is 24.5. The molecule has 204 valence electrons. The van der Waals surface area contributed by atoms with Gasteiger partial charge in [-0.05, 0) is 117 Å². The largest absolute Gasteiger partial charge is 0.493 e. The van der Waals surface area contributed by atoms with Crippen molar-refractivity contribution < 1.29 is 23.4 Å². The standard InChI is InChI=1S/C30H32BrN3O5/c1-19-7-8-20(2)34(19)22-9-11-23(12-10-22)37-18-24-13-14-26(38-24)29(35)33-32-17-21-15-25(31)28(27(16-21)36-6)39-30(3,4)5/h7-17H,18H2,1-6H3,(H,33,35)/b32-17+. The van der Waals surface area contributed by atoms with Gasteiger partial charge in [-0.1, -0.05) is 0 Å². The Kier molecular flexibility index (Phi) is 8.50. The van der Waals surface area contributed by atoms with Crippen LogP contribution in [-0.2, 0) is 6.61 Å². The SMILES string of the molecule is COc1cc(/C=N/NC(=O)c2ccc(COc3ccc(-n4c(C)ccc4C)cc3)o2)cc(Br)c1OC(C)(C)C. The number of carbonyl (C=O) groups excluding carboxylic acids is 1. The first kappa shape index (κ1) is 28.0. The number of hydrazone groups is 1. The molecule has 0 spiro atoms. The normalized spacial score (nSPS) is 11.6. The maximum Gasteiger partial charge on any atom is 0.307 e. The highest BCUT2D eigenvalue weighted by Crippen LogP contribution is 2.38. The summed E-state index contributed by atoms with van der Waals surface area (Å²) in [5, 5.41) is 4.05. The summed E-state index contributed by atoms with van der Waals surface area (Å²) in [6.45, 7) is 10.2. The van der Waals surface area contributed by atoms with E-state index in [1.165, 1.54) is 17.6 Å². The lowest BCUT2D eigenvalue weighted by Crippen LogP contribution is -2.23.